The van der Waals surface area contributed by atoms with E-state index in [1.807, 2.05) is 0 Å². The summed E-state index contributed by atoms with van der Waals surface area (Å²) in [4.78, 5) is 34.0. The van der Waals surface area contributed by atoms with Crippen LogP contribution in [0.1, 0.15) is 23.0 Å². The second-order valence-electron chi connectivity index (χ2n) is 4.01. The van der Waals surface area contributed by atoms with Crippen LogP contribution >= 0.6 is 11.3 Å². The Morgan fingerprint density at radius 1 is 1.61 bits per heavy atom. The molecule has 1 unspecified atom stereocenters. The van der Waals surface area contributed by atoms with E-state index in [1.165, 1.54) is 6.07 Å². The van der Waals surface area contributed by atoms with E-state index in [0.717, 1.165) is 11.3 Å². The summed E-state index contributed by atoms with van der Waals surface area (Å²) in [7, 11) is 0. The molecule has 1 atom stereocenters. The van der Waals surface area contributed by atoms with Gasteiger partial charge in [0.05, 0.1) is 17.0 Å². The van der Waals surface area contributed by atoms with E-state index in [9.17, 15) is 14.4 Å². The number of fused-ring (bicyclic) bond motifs is 1. The first kappa shape index (κ1) is 12.6. The highest BCUT2D eigenvalue weighted by atomic mass is 32.1. The summed E-state index contributed by atoms with van der Waals surface area (Å²) in [5, 5.41) is 11.7. The third-order valence-corrected chi connectivity index (χ3v) is 3.54. The van der Waals surface area contributed by atoms with Gasteiger partial charge in [-0.3, -0.25) is 14.4 Å². The minimum Gasteiger partial charge on any atom is -0.481 e. The van der Waals surface area contributed by atoms with E-state index >= 15 is 0 Å². The number of rotatable bonds is 4. The number of hydrogen-bond acceptors (Lipinski definition) is 5. The van der Waals surface area contributed by atoms with Crippen LogP contribution in [0.5, 0.6) is 5.06 Å². The molecule has 0 aromatic carbocycles. The lowest BCUT2D eigenvalue weighted by Gasteiger charge is -2.12. The molecule has 0 saturated carbocycles. The van der Waals surface area contributed by atoms with Crippen molar-refractivity contribution >= 4 is 34.7 Å². The summed E-state index contributed by atoms with van der Waals surface area (Å²) >= 11 is 1.12. The average Bonchev–Trinajstić information content (AvgIpc) is 2.69. The first-order valence-electron chi connectivity index (χ1n) is 5.30. The SMILES string of the molecule is CC(CC(=O)O)C(=O)c1cc2c(s1)OCC(=O)N2. The van der Waals surface area contributed by atoms with Gasteiger partial charge in [-0.15, -0.1) is 0 Å². The van der Waals surface area contributed by atoms with Gasteiger partial charge in [0.25, 0.3) is 5.91 Å². The number of carbonyl (C=O) groups is 3. The van der Waals surface area contributed by atoms with E-state index in [0.29, 0.717) is 15.6 Å². The van der Waals surface area contributed by atoms with Crippen molar-refractivity contribution in [1.29, 1.82) is 0 Å². The van der Waals surface area contributed by atoms with Crippen LogP contribution in [0.4, 0.5) is 5.69 Å². The van der Waals surface area contributed by atoms with Crippen molar-refractivity contribution < 1.29 is 24.2 Å². The molecule has 2 N–H and O–H groups in total. The number of Topliss-reactive ketones (excluding diaryl/α,β-unsaturated/α-hetero) is 1. The molecule has 0 spiro atoms. The third-order valence-electron chi connectivity index (χ3n) is 2.48. The van der Waals surface area contributed by atoms with Gasteiger partial charge in [0.15, 0.2) is 17.5 Å². The Hall–Kier alpha value is -1.89. The first-order chi connectivity index (χ1) is 8.47. The number of carbonyl (C=O) groups excluding carboxylic acids is 2. The Bertz CT molecular complexity index is 522. The number of carboxylic acid groups (broad SMARTS) is 1. The summed E-state index contributed by atoms with van der Waals surface area (Å²) in [5.41, 5.74) is 0.474. The summed E-state index contributed by atoms with van der Waals surface area (Å²) in [6, 6.07) is 1.53. The number of hydrogen-bond donors (Lipinski definition) is 2. The van der Waals surface area contributed by atoms with E-state index in [1.54, 1.807) is 6.92 Å². The standard InChI is InChI=1S/C11H11NO5S/c1-5(2-9(14)15)10(16)7-3-6-11(18-7)17-4-8(13)12-6/h3,5H,2,4H2,1H3,(H,12,13)(H,14,15). The molecule has 1 aliphatic heterocycles. The minimum absolute atomic E-state index is 0.0637. The van der Waals surface area contributed by atoms with Crippen LogP contribution in [0.2, 0.25) is 0 Å². The van der Waals surface area contributed by atoms with Crippen LogP contribution in [0.25, 0.3) is 0 Å². The van der Waals surface area contributed by atoms with Crippen molar-refractivity contribution in [2.75, 3.05) is 11.9 Å². The van der Waals surface area contributed by atoms with E-state index in [2.05, 4.69) is 5.32 Å². The fourth-order valence-corrected chi connectivity index (χ4v) is 2.62. The molecule has 0 radical (unpaired) electrons. The molecule has 0 fully saturated rings. The van der Waals surface area contributed by atoms with Crippen LogP contribution in [0.3, 0.4) is 0 Å². The monoisotopic (exact) mass is 269 g/mol. The van der Waals surface area contributed by atoms with Gasteiger partial charge in [0.1, 0.15) is 0 Å². The number of ether oxygens (including phenoxy) is 1. The summed E-state index contributed by atoms with van der Waals surface area (Å²) in [5.74, 6) is -2.13. The first-order valence-corrected chi connectivity index (χ1v) is 6.11. The molecule has 0 aliphatic carbocycles. The number of carboxylic acids is 1. The molecule has 96 valence electrons. The predicted molar refractivity (Wildman–Crippen MR) is 64.2 cm³/mol. The molecule has 7 heteroatoms. The largest absolute Gasteiger partial charge is 0.481 e. The maximum atomic E-state index is 12.0. The Morgan fingerprint density at radius 2 is 2.33 bits per heavy atom. The second kappa shape index (κ2) is 4.77. The van der Waals surface area contributed by atoms with Gasteiger partial charge in [-0.1, -0.05) is 18.3 Å². The Labute approximate surface area is 107 Å². The van der Waals surface area contributed by atoms with E-state index in [-0.39, 0.29) is 24.7 Å². The fraction of sp³-hybridized carbons (Fsp3) is 0.364. The van der Waals surface area contributed by atoms with E-state index in [4.69, 9.17) is 9.84 Å². The van der Waals surface area contributed by atoms with Crippen molar-refractivity contribution in [2.45, 2.75) is 13.3 Å². The Balaban J connectivity index is 2.17. The van der Waals surface area contributed by atoms with Crippen LogP contribution in [-0.4, -0.2) is 29.4 Å². The van der Waals surface area contributed by atoms with Gasteiger partial charge >= 0.3 is 5.97 Å². The molecule has 2 heterocycles. The number of thiophene rings is 1. The van der Waals surface area contributed by atoms with Crippen LogP contribution in [0, 0.1) is 5.92 Å². The van der Waals surface area contributed by atoms with Crippen molar-refractivity contribution in [3.8, 4) is 5.06 Å². The Kier molecular flexibility index (Phi) is 3.33. The van der Waals surface area contributed by atoms with Crippen molar-refractivity contribution in [1.82, 2.24) is 0 Å². The topological polar surface area (TPSA) is 92.7 Å². The molecule has 1 aromatic rings. The molecule has 1 aliphatic rings. The highest BCUT2D eigenvalue weighted by molar-refractivity contribution is 7.16. The van der Waals surface area contributed by atoms with Crippen LogP contribution in [0.15, 0.2) is 6.07 Å². The van der Waals surface area contributed by atoms with Crippen molar-refractivity contribution in [2.24, 2.45) is 5.92 Å². The zero-order chi connectivity index (χ0) is 13.3. The molecule has 1 aromatic heterocycles. The van der Waals surface area contributed by atoms with Crippen molar-refractivity contribution in [3.63, 3.8) is 0 Å². The number of ketones is 1. The maximum absolute atomic E-state index is 12.0. The maximum Gasteiger partial charge on any atom is 0.304 e. The van der Waals surface area contributed by atoms with Crippen molar-refractivity contribution in [3.05, 3.63) is 10.9 Å². The molecular weight excluding hydrogens is 258 g/mol. The molecule has 0 bridgehead atoms. The number of nitrogens with one attached hydrogen (secondary N) is 1. The second-order valence-corrected chi connectivity index (χ2v) is 5.03. The van der Waals surface area contributed by atoms with Gasteiger partial charge < -0.3 is 15.2 Å². The normalized spacial score (nSPS) is 15.3. The molecule has 2 rings (SSSR count). The fourth-order valence-electron chi connectivity index (χ4n) is 1.60. The molecule has 1 amide bonds. The highest BCUT2D eigenvalue weighted by Gasteiger charge is 2.25. The number of anilines is 1. The quantitative estimate of drug-likeness (QED) is 0.805. The number of amides is 1. The van der Waals surface area contributed by atoms with Gasteiger partial charge in [0.2, 0.25) is 0 Å². The zero-order valence-corrected chi connectivity index (χ0v) is 10.4. The number of aliphatic carboxylic acids is 1. The smallest absolute Gasteiger partial charge is 0.304 e. The van der Waals surface area contributed by atoms with Gasteiger partial charge in [0, 0.05) is 5.92 Å². The van der Waals surface area contributed by atoms with Gasteiger partial charge in [-0.25, -0.2) is 0 Å². The summed E-state index contributed by atoms with van der Waals surface area (Å²) < 4.78 is 5.17. The molecule has 0 saturated heterocycles. The predicted octanol–water partition coefficient (Wildman–Crippen LogP) is 1.37. The highest BCUT2D eigenvalue weighted by Crippen LogP contribution is 2.38. The van der Waals surface area contributed by atoms with Gasteiger partial charge in [-0.2, -0.15) is 0 Å². The minimum atomic E-state index is -1.01. The Morgan fingerprint density at radius 3 is 3.00 bits per heavy atom. The summed E-state index contributed by atoms with van der Waals surface area (Å²) in [6.07, 6.45) is -0.214. The lowest BCUT2D eigenvalue weighted by molar-refractivity contribution is -0.137. The van der Waals surface area contributed by atoms with Crippen LogP contribution < -0.4 is 10.1 Å². The summed E-state index contributed by atoms with van der Waals surface area (Å²) in [6.45, 7) is 1.50. The van der Waals surface area contributed by atoms with Crippen LogP contribution in [-0.2, 0) is 9.59 Å². The van der Waals surface area contributed by atoms with Gasteiger partial charge in [-0.05, 0) is 6.07 Å². The average molecular weight is 269 g/mol. The van der Waals surface area contributed by atoms with E-state index < -0.39 is 11.9 Å². The lowest BCUT2D eigenvalue weighted by atomic mass is 10.0. The third kappa shape index (κ3) is 2.51. The molecule has 18 heavy (non-hydrogen) atoms. The zero-order valence-electron chi connectivity index (χ0n) is 9.56. The molecule has 6 nitrogen and oxygen atoms in total. The molecular formula is C11H11NO5S. The lowest BCUT2D eigenvalue weighted by Crippen LogP contribution is -2.24.